The van der Waals surface area contributed by atoms with Crippen molar-refractivity contribution in [3.8, 4) is 11.1 Å². The van der Waals surface area contributed by atoms with E-state index in [4.69, 9.17) is 11.6 Å². The molecule has 2 heterocycles. The second kappa shape index (κ2) is 10.1. The third-order valence-corrected chi connectivity index (χ3v) is 10.0. The highest BCUT2D eigenvalue weighted by Gasteiger charge is 2.49. The third kappa shape index (κ3) is 4.42. The van der Waals surface area contributed by atoms with Gasteiger partial charge in [0.1, 0.15) is 0 Å². The van der Waals surface area contributed by atoms with E-state index in [2.05, 4.69) is 35.2 Å². The summed E-state index contributed by atoms with van der Waals surface area (Å²) in [5.41, 5.74) is 5.07. The number of halogens is 1. The predicted octanol–water partition coefficient (Wildman–Crippen LogP) is 5.01. The molecule has 3 aromatic carbocycles. The van der Waals surface area contributed by atoms with Gasteiger partial charge in [0, 0.05) is 42.7 Å². The average Bonchev–Trinajstić information content (AvgIpc) is 2.85. The first-order valence-electron chi connectivity index (χ1n) is 12.3. The minimum absolute atomic E-state index is 0.0225. The quantitative estimate of drug-likeness (QED) is 0.478. The molecule has 0 aromatic heterocycles. The SMILES string of the molecule is Cc1ccccc1S(=O)(=O)N1C/C=C\CN2C(CO)C(c3ccc(-c4cccc(Cl)c4C)cc3)[C@@H]2C1. The van der Waals surface area contributed by atoms with Gasteiger partial charge in [-0.15, -0.1) is 0 Å². The monoisotopic (exact) mass is 522 g/mol. The molecule has 2 aliphatic rings. The molecule has 188 valence electrons. The zero-order valence-electron chi connectivity index (χ0n) is 20.5. The van der Waals surface area contributed by atoms with E-state index in [1.54, 1.807) is 16.4 Å². The molecule has 2 aliphatic heterocycles. The lowest BCUT2D eigenvalue weighted by Gasteiger charge is -2.56. The second-order valence-corrected chi connectivity index (χ2v) is 11.9. The molecule has 5 rings (SSSR count). The first-order chi connectivity index (χ1) is 17.3. The lowest BCUT2D eigenvalue weighted by molar-refractivity contribution is -0.0415. The van der Waals surface area contributed by atoms with Crippen molar-refractivity contribution in [2.45, 2.75) is 36.7 Å². The number of aliphatic hydroxyl groups is 1. The van der Waals surface area contributed by atoms with Crippen molar-refractivity contribution < 1.29 is 13.5 Å². The van der Waals surface area contributed by atoms with Crippen LogP contribution in [0.25, 0.3) is 11.1 Å². The molecule has 0 bridgehead atoms. The Morgan fingerprint density at radius 3 is 2.39 bits per heavy atom. The number of rotatable bonds is 5. The Balaban J connectivity index is 1.45. The standard InChI is InChI=1S/C29H31ClN2O3S/c1-20-8-3-4-11-28(20)36(34,35)31-16-5-6-17-32-26(18-31)29(27(32)19-33)23-14-12-22(13-15-23)24-9-7-10-25(30)21(24)2/h3-15,26-27,29,33H,16-19H2,1-2H3/b6-5-/t26-,27?,29?/m0/s1. The van der Waals surface area contributed by atoms with Crippen molar-refractivity contribution in [1.29, 1.82) is 0 Å². The van der Waals surface area contributed by atoms with Gasteiger partial charge in [-0.05, 0) is 53.8 Å². The fraction of sp³-hybridized carbons (Fsp3) is 0.310. The molecular weight excluding hydrogens is 492 g/mol. The molecule has 0 aliphatic carbocycles. The number of nitrogens with zero attached hydrogens (tertiary/aromatic N) is 2. The molecule has 0 radical (unpaired) electrons. The molecule has 0 saturated carbocycles. The number of benzene rings is 3. The molecule has 5 nitrogen and oxygen atoms in total. The third-order valence-electron chi connectivity index (χ3n) is 7.64. The fourth-order valence-electron chi connectivity index (χ4n) is 5.62. The van der Waals surface area contributed by atoms with Crippen LogP contribution in [-0.2, 0) is 10.0 Å². The van der Waals surface area contributed by atoms with Crippen LogP contribution in [0.1, 0.15) is 22.6 Å². The van der Waals surface area contributed by atoms with Crippen molar-refractivity contribution >= 4 is 21.6 Å². The van der Waals surface area contributed by atoms with Crippen LogP contribution < -0.4 is 0 Å². The number of fused-ring (bicyclic) bond motifs is 1. The molecule has 36 heavy (non-hydrogen) atoms. The average molecular weight is 523 g/mol. The maximum Gasteiger partial charge on any atom is 0.243 e. The van der Waals surface area contributed by atoms with E-state index < -0.39 is 10.0 Å². The maximum atomic E-state index is 13.6. The van der Waals surface area contributed by atoms with Gasteiger partial charge in [-0.2, -0.15) is 4.31 Å². The topological polar surface area (TPSA) is 60.9 Å². The number of sulfonamides is 1. The molecule has 0 amide bonds. The predicted molar refractivity (Wildman–Crippen MR) is 145 cm³/mol. The Hall–Kier alpha value is -2.48. The Morgan fingerprint density at radius 2 is 1.67 bits per heavy atom. The van der Waals surface area contributed by atoms with Gasteiger partial charge in [-0.1, -0.05) is 78.4 Å². The van der Waals surface area contributed by atoms with E-state index in [9.17, 15) is 13.5 Å². The zero-order valence-corrected chi connectivity index (χ0v) is 22.1. The van der Waals surface area contributed by atoms with Crippen molar-refractivity contribution in [1.82, 2.24) is 9.21 Å². The van der Waals surface area contributed by atoms with E-state index in [0.29, 0.717) is 24.5 Å². The van der Waals surface area contributed by atoms with Gasteiger partial charge in [-0.25, -0.2) is 8.42 Å². The van der Waals surface area contributed by atoms with Crippen LogP contribution in [0.15, 0.2) is 83.8 Å². The van der Waals surface area contributed by atoms with Gasteiger partial charge in [-0.3, -0.25) is 4.90 Å². The van der Waals surface area contributed by atoms with E-state index >= 15 is 0 Å². The van der Waals surface area contributed by atoms with Crippen molar-refractivity contribution in [3.63, 3.8) is 0 Å². The Labute approximate surface area is 218 Å². The largest absolute Gasteiger partial charge is 0.395 e. The Kier molecular flexibility index (Phi) is 7.07. The summed E-state index contributed by atoms with van der Waals surface area (Å²) in [6.07, 6.45) is 3.92. The normalized spacial score (nSPS) is 23.8. The van der Waals surface area contributed by atoms with Crippen LogP contribution in [0, 0.1) is 13.8 Å². The number of hydrogen-bond acceptors (Lipinski definition) is 4. The molecule has 1 N–H and O–H groups in total. The summed E-state index contributed by atoms with van der Waals surface area (Å²) in [6, 6.07) is 21.4. The number of aliphatic hydroxyl groups excluding tert-OH is 1. The maximum absolute atomic E-state index is 13.6. The van der Waals surface area contributed by atoms with Crippen molar-refractivity contribution in [2.24, 2.45) is 0 Å². The highest BCUT2D eigenvalue weighted by molar-refractivity contribution is 7.89. The van der Waals surface area contributed by atoms with Gasteiger partial charge in [0.15, 0.2) is 0 Å². The Bertz CT molecular complexity index is 1390. The molecule has 0 spiro atoms. The molecule has 7 heteroatoms. The van der Waals surface area contributed by atoms with E-state index in [1.165, 1.54) is 0 Å². The first kappa shape index (κ1) is 25.2. The van der Waals surface area contributed by atoms with E-state index in [-0.39, 0.29) is 24.6 Å². The smallest absolute Gasteiger partial charge is 0.243 e. The molecule has 1 saturated heterocycles. The summed E-state index contributed by atoms with van der Waals surface area (Å²) >= 11 is 6.33. The molecule has 3 atom stereocenters. The van der Waals surface area contributed by atoms with Gasteiger partial charge in [0.25, 0.3) is 0 Å². The number of hydrogen-bond donors (Lipinski definition) is 1. The summed E-state index contributed by atoms with van der Waals surface area (Å²) in [4.78, 5) is 2.57. The summed E-state index contributed by atoms with van der Waals surface area (Å²) < 4.78 is 28.8. The highest BCUT2D eigenvalue weighted by Crippen LogP contribution is 2.42. The summed E-state index contributed by atoms with van der Waals surface area (Å²) in [7, 11) is -3.66. The zero-order chi connectivity index (χ0) is 25.4. The second-order valence-electron chi connectivity index (χ2n) is 9.63. The fourth-order valence-corrected chi connectivity index (χ4v) is 7.43. The van der Waals surface area contributed by atoms with Crippen LogP contribution in [-0.4, -0.2) is 61.1 Å². The summed E-state index contributed by atoms with van der Waals surface area (Å²) in [5, 5.41) is 11.0. The van der Waals surface area contributed by atoms with Crippen molar-refractivity contribution in [2.75, 3.05) is 26.2 Å². The molecular formula is C29H31ClN2O3S. The van der Waals surface area contributed by atoms with E-state index in [0.717, 1.165) is 32.8 Å². The highest BCUT2D eigenvalue weighted by atomic mass is 35.5. The van der Waals surface area contributed by atoms with E-state index in [1.807, 2.05) is 50.3 Å². The molecule has 3 aromatic rings. The lowest BCUT2D eigenvalue weighted by Crippen LogP contribution is -2.67. The van der Waals surface area contributed by atoms with Crippen LogP contribution in [0.3, 0.4) is 0 Å². The van der Waals surface area contributed by atoms with Gasteiger partial charge >= 0.3 is 0 Å². The summed E-state index contributed by atoms with van der Waals surface area (Å²) in [6.45, 7) is 5.28. The molecule has 1 fully saturated rings. The lowest BCUT2D eigenvalue weighted by atomic mass is 9.74. The van der Waals surface area contributed by atoms with Gasteiger partial charge in [0.05, 0.1) is 11.5 Å². The Morgan fingerprint density at radius 1 is 0.944 bits per heavy atom. The minimum Gasteiger partial charge on any atom is -0.395 e. The molecule has 2 unspecified atom stereocenters. The first-order valence-corrected chi connectivity index (χ1v) is 14.1. The van der Waals surface area contributed by atoms with Crippen molar-refractivity contribution in [3.05, 3.63) is 101 Å². The van der Waals surface area contributed by atoms with Crippen LogP contribution in [0.4, 0.5) is 0 Å². The van der Waals surface area contributed by atoms with Crippen LogP contribution in [0.2, 0.25) is 5.02 Å². The number of aryl methyl sites for hydroxylation is 1. The van der Waals surface area contributed by atoms with Gasteiger partial charge in [0.2, 0.25) is 10.0 Å². The summed E-state index contributed by atoms with van der Waals surface area (Å²) in [5.74, 6) is 0.0329. The van der Waals surface area contributed by atoms with Gasteiger partial charge < -0.3 is 5.11 Å². The van der Waals surface area contributed by atoms with Crippen LogP contribution in [0.5, 0.6) is 0 Å². The van der Waals surface area contributed by atoms with Crippen LogP contribution >= 0.6 is 11.6 Å². The minimum atomic E-state index is -3.66.